The molecule has 40 heavy (non-hydrogen) atoms. The van der Waals surface area contributed by atoms with Crippen LogP contribution in [-0.2, 0) is 34.9 Å². The molecular weight excluding hydrogens is 526 g/mol. The van der Waals surface area contributed by atoms with Crippen LogP contribution in [0.2, 0.25) is 0 Å². The summed E-state index contributed by atoms with van der Waals surface area (Å²) in [4.78, 5) is 48.7. The number of nitrogens with two attached hydrogens (primary N) is 1. The summed E-state index contributed by atoms with van der Waals surface area (Å²) in [6.45, 7) is 15.6. The summed E-state index contributed by atoms with van der Waals surface area (Å²) in [5.41, 5.74) is 6.50. The van der Waals surface area contributed by atoms with E-state index in [2.05, 4.69) is 0 Å². The van der Waals surface area contributed by atoms with Crippen molar-refractivity contribution < 1.29 is 52.3 Å². The van der Waals surface area contributed by atoms with Crippen LogP contribution in [0, 0.1) is 11.8 Å². The van der Waals surface area contributed by atoms with Crippen LogP contribution < -0.4 is 15.2 Å². The smallest absolute Gasteiger partial charge is 0.458 e. The third kappa shape index (κ3) is 13.0. The zero-order valence-electron chi connectivity index (χ0n) is 24.8. The van der Waals surface area contributed by atoms with Gasteiger partial charge in [0.1, 0.15) is 31.0 Å². The van der Waals surface area contributed by atoms with Crippen molar-refractivity contribution in [1.29, 1.82) is 0 Å². The molecule has 12 heteroatoms. The lowest BCUT2D eigenvalue weighted by molar-refractivity contribution is -0.152. The van der Waals surface area contributed by atoms with Crippen molar-refractivity contribution in [1.82, 2.24) is 0 Å². The Labute approximate surface area is 235 Å². The van der Waals surface area contributed by atoms with Gasteiger partial charge >= 0.3 is 24.4 Å². The summed E-state index contributed by atoms with van der Waals surface area (Å²) in [6, 6.07) is 3.23. The van der Waals surface area contributed by atoms with Crippen molar-refractivity contribution in [2.45, 2.75) is 99.2 Å². The Morgan fingerprint density at radius 1 is 0.700 bits per heavy atom. The standard InChI is InChI=1S/C28H43NO11/c1-15(2)19(8)37-27(32)39-23-11-10-21(13-24(23)40-28(33)38-20(9)16(3)4)12-22(29)25(30)36-18(7)14-34-26(31)35-17(5)6/h10-11,13,15-20,22H,12,14,29H2,1-9H3/t18?,19-,20?,22-/m0/s1. The molecule has 0 aliphatic carbocycles. The number of rotatable bonds is 13. The fraction of sp³-hybridized carbons (Fsp3) is 0.643. The van der Waals surface area contributed by atoms with E-state index >= 15 is 0 Å². The second-order valence-electron chi connectivity index (χ2n) is 10.4. The molecule has 0 saturated heterocycles. The van der Waals surface area contributed by atoms with Gasteiger partial charge < -0.3 is 38.9 Å². The maximum Gasteiger partial charge on any atom is 0.514 e. The number of carbonyl (C=O) groups is 4. The summed E-state index contributed by atoms with van der Waals surface area (Å²) in [7, 11) is 0. The largest absolute Gasteiger partial charge is 0.514 e. The maximum atomic E-state index is 12.5. The fourth-order valence-electron chi connectivity index (χ4n) is 2.72. The molecule has 0 spiro atoms. The Hall–Kier alpha value is -3.54. The van der Waals surface area contributed by atoms with Gasteiger partial charge in [0.15, 0.2) is 11.5 Å². The van der Waals surface area contributed by atoms with Gasteiger partial charge in [-0.3, -0.25) is 4.79 Å². The summed E-state index contributed by atoms with van der Waals surface area (Å²) >= 11 is 0. The lowest BCUT2D eigenvalue weighted by Crippen LogP contribution is -2.37. The van der Waals surface area contributed by atoms with Gasteiger partial charge in [-0.15, -0.1) is 0 Å². The van der Waals surface area contributed by atoms with Gasteiger partial charge in [0.25, 0.3) is 0 Å². The van der Waals surface area contributed by atoms with E-state index in [9.17, 15) is 19.2 Å². The fourth-order valence-corrected chi connectivity index (χ4v) is 2.72. The van der Waals surface area contributed by atoms with E-state index in [0.717, 1.165) is 0 Å². The molecule has 0 aliphatic heterocycles. The van der Waals surface area contributed by atoms with Gasteiger partial charge in [0.05, 0.1) is 6.10 Å². The lowest BCUT2D eigenvalue weighted by Gasteiger charge is -2.19. The highest BCUT2D eigenvalue weighted by molar-refractivity contribution is 5.76. The topological polar surface area (TPSA) is 159 Å². The van der Waals surface area contributed by atoms with Crippen LogP contribution in [0.3, 0.4) is 0 Å². The first-order valence-electron chi connectivity index (χ1n) is 13.3. The number of hydrogen-bond acceptors (Lipinski definition) is 12. The van der Waals surface area contributed by atoms with Crippen LogP contribution in [0.25, 0.3) is 0 Å². The van der Waals surface area contributed by atoms with E-state index in [-0.39, 0.29) is 42.5 Å². The van der Waals surface area contributed by atoms with Crippen molar-refractivity contribution in [3.63, 3.8) is 0 Å². The normalized spacial score (nSPS) is 14.1. The third-order valence-corrected chi connectivity index (χ3v) is 5.68. The van der Waals surface area contributed by atoms with Crippen molar-refractivity contribution in [3.05, 3.63) is 23.8 Å². The Morgan fingerprint density at radius 2 is 1.23 bits per heavy atom. The van der Waals surface area contributed by atoms with Crippen LogP contribution in [0.5, 0.6) is 11.5 Å². The van der Waals surface area contributed by atoms with Crippen molar-refractivity contribution in [2.24, 2.45) is 17.6 Å². The molecule has 1 rings (SSSR count). The summed E-state index contributed by atoms with van der Waals surface area (Å²) in [5.74, 6) is -0.859. The minimum absolute atomic E-state index is 0.00921. The van der Waals surface area contributed by atoms with Gasteiger partial charge in [0, 0.05) is 0 Å². The molecule has 1 aromatic carbocycles. The van der Waals surface area contributed by atoms with Gasteiger partial charge in [-0.25, -0.2) is 14.4 Å². The molecule has 0 radical (unpaired) electrons. The van der Waals surface area contributed by atoms with Crippen LogP contribution in [0.15, 0.2) is 18.2 Å². The second kappa shape index (κ2) is 16.5. The van der Waals surface area contributed by atoms with E-state index in [1.54, 1.807) is 33.8 Å². The van der Waals surface area contributed by atoms with Gasteiger partial charge in [0.2, 0.25) is 0 Å². The van der Waals surface area contributed by atoms with Crippen molar-refractivity contribution >= 4 is 24.4 Å². The number of benzene rings is 1. The lowest BCUT2D eigenvalue weighted by atomic mass is 10.1. The third-order valence-electron chi connectivity index (χ3n) is 5.68. The Kier molecular flexibility index (Phi) is 14.3. The minimum Gasteiger partial charge on any atom is -0.458 e. The van der Waals surface area contributed by atoms with Gasteiger partial charge in [-0.05, 0) is 70.6 Å². The number of ether oxygens (including phenoxy) is 7. The Bertz CT molecular complexity index is 992. The average Bonchev–Trinajstić information content (AvgIpc) is 2.83. The molecule has 2 N–H and O–H groups in total. The van der Waals surface area contributed by atoms with Crippen LogP contribution in [0.4, 0.5) is 14.4 Å². The van der Waals surface area contributed by atoms with Crippen LogP contribution in [-0.4, -0.2) is 61.5 Å². The predicted molar refractivity (Wildman–Crippen MR) is 144 cm³/mol. The average molecular weight is 570 g/mol. The molecule has 0 aromatic heterocycles. The van der Waals surface area contributed by atoms with E-state index in [0.29, 0.717) is 5.56 Å². The zero-order valence-corrected chi connectivity index (χ0v) is 24.8. The van der Waals surface area contributed by atoms with Crippen LogP contribution >= 0.6 is 0 Å². The molecule has 0 bridgehead atoms. The highest BCUT2D eigenvalue weighted by Gasteiger charge is 2.24. The molecule has 0 aliphatic rings. The number of hydrogen-bond donors (Lipinski definition) is 1. The van der Waals surface area contributed by atoms with E-state index < -0.39 is 48.8 Å². The second-order valence-corrected chi connectivity index (χ2v) is 10.4. The zero-order chi connectivity index (χ0) is 30.6. The SMILES string of the molecule is CC(C)OC(=O)OCC(C)OC(=O)[C@@H](N)Cc1ccc(OC(=O)O[C@@H](C)C(C)C)c(OC(=O)OC(C)C(C)C)c1. The Morgan fingerprint density at radius 3 is 1.73 bits per heavy atom. The first-order valence-corrected chi connectivity index (χ1v) is 13.3. The summed E-state index contributed by atoms with van der Waals surface area (Å²) < 4.78 is 36.1. The monoisotopic (exact) mass is 569 g/mol. The first-order chi connectivity index (χ1) is 18.6. The molecule has 1 aromatic rings. The summed E-state index contributed by atoms with van der Waals surface area (Å²) in [5, 5.41) is 0. The number of esters is 1. The molecule has 226 valence electrons. The maximum absolute atomic E-state index is 12.5. The minimum atomic E-state index is -1.10. The quantitative estimate of drug-likeness (QED) is 0.189. The molecule has 12 nitrogen and oxygen atoms in total. The van der Waals surface area contributed by atoms with Crippen molar-refractivity contribution in [2.75, 3.05) is 6.61 Å². The molecule has 0 saturated carbocycles. The van der Waals surface area contributed by atoms with Gasteiger partial charge in [-0.1, -0.05) is 33.8 Å². The first kappa shape index (κ1) is 34.5. The predicted octanol–water partition coefficient (Wildman–Crippen LogP) is 5.17. The molecule has 2 unspecified atom stereocenters. The number of carbonyl (C=O) groups excluding carboxylic acids is 4. The van der Waals surface area contributed by atoms with E-state index in [1.807, 2.05) is 27.7 Å². The molecule has 0 amide bonds. The molecular formula is C28H43NO11. The van der Waals surface area contributed by atoms with Crippen molar-refractivity contribution in [3.8, 4) is 11.5 Å². The highest BCUT2D eigenvalue weighted by Crippen LogP contribution is 2.30. The van der Waals surface area contributed by atoms with Crippen LogP contribution in [0.1, 0.15) is 67.9 Å². The molecule has 0 fully saturated rings. The molecule has 4 atom stereocenters. The van der Waals surface area contributed by atoms with E-state index in [1.165, 1.54) is 19.1 Å². The highest BCUT2D eigenvalue weighted by atomic mass is 16.8. The molecule has 0 heterocycles. The van der Waals surface area contributed by atoms with Gasteiger partial charge in [-0.2, -0.15) is 0 Å². The summed E-state index contributed by atoms with van der Waals surface area (Å²) in [6.07, 6.45) is -4.82. The van der Waals surface area contributed by atoms with E-state index in [4.69, 9.17) is 38.9 Å². The Balaban J connectivity index is 2.95.